The van der Waals surface area contributed by atoms with Gasteiger partial charge in [-0.05, 0) is 29.8 Å². The monoisotopic (exact) mass is 376 g/mol. The topological polar surface area (TPSA) is 108 Å². The van der Waals surface area contributed by atoms with Crippen LogP contribution in [0.1, 0.15) is 5.69 Å². The molecule has 27 heavy (non-hydrogen) atoms. The number of hydrogen-bond donors (Lipinski definition) is 2. The third kappa shape index (κ3) is 3.35. The number of nitrogens with one attached hydrogen (secondary N) is 1. The molecule has 0 aliphatic rings. The smallest absolute Gasteiger partial charge is 0.272 e. The van der Waals surface area contributed by atoms with Crippen LogP contribution in [0.25, 0.3) is 21.9 Å². The Morgan fingerprint density at radius 2 is 1.78 bits per heavy atom. The Bertz CT molecular complexity index is 1160. The molecule has 2 heterocycles. The zero-order valence-electron chi connectivity index (χ0n) is 14.3. The summed E-state index contributed by atoms with van der Waals surface area (Å²) < 4.78 is 12.8. The van der Waals surface area contributed by atoms with Gasteiger partial charge in [0, 0.05) is 40.9 Å². The van der Waals surface area contributed by atoms with E-state index in [0.29, 0.717) is 21.4 Å². The maximum Gasteiger partial charge on any atom is 0.272 e. The first-order valence-corrected chi connectivity index (χ1v) is 9.46. The summed E-state index contributed by atoms with van der Waals surface area (Å²) in [6.07, 6.45) is 3.31. The van der Waals surface area contributed by atoms with Crippen molar-refractivity contribution in [2.24, 2.45) is 5.73 Å². The molecule has 7 heteroatoms. The van der Waals surface area contributed by atoms with E-state index in [9.17, 15) is 9.35 Å². The van der Waals surface area contributed by atoms with Crippen molar-refractivity contribution in [3.8, 4) is 11.1 Å². The molecule has 4 aromatic rings. The number of hydrogen-bond acceptors (Lipinski definition) is 5. The Labute approximate surface area is 158 Å². The molecular formula is C20H16N4O2S. The van der Waals surface area contributed by atoms with E-state index in [-0.39, 0.29) is 12.1 Å². The minimum Gasteiger partial charge on any atom is -0.606 e. The number of aromatic nitrogens is 3. The van der Waals surface area contributed by atoms with Crippen LogP contribution < -0.4 is 11.3 Å². The lowest BCUT2D eigenvalue weighted by Gasteiger charge is -2.11. The van der Waals surface area contributed by atoms with Crippen LogP contribution in [0.4, 0.5) is 0 Å². The Hall–Kier alpha value is -3.00. The van der Waals surface area contributed by atoms with Gasteiger partial charge < -0.3 is 10.3 Å². The van der Waals surface area contributed by atoms with Gasteiger partial charge in [-0.15, -0.1) is 0 Å². The number of nitrogens with zero attached hydrogens (tertiary/aromatic N) is 2. The summed E-state index contributed by atoms with van der Waals surface area (Å²) in [7, 11) is 0. The van der Waals surface area contributed by atoms with Gasteiger partial charge in [0.15, 0.2) is 9.79 Å². The SMILES string of the molecule is NCc1n[nH]c(=O)c2ccc(-c3cncc([S+]([O-])c4ccccc4)c3)cc12. The predicted octanol–water partition coefficient (Wildman–Crippen LogP) is 2.61. The van der Waals surface area contributed by atoms with Gasteiger partial charge in [0.2, 0.25) is 0 Å². The minimum atomic E-state index is -1.32. The molecule has 1 unspecified atom stereocenters. The van der Waals surface area contributed by atoms with Crippen LogP contribution >= 0.6 is 0 Å². The largest absolute Gasteiger partial charge is 0.606 e. The van der Waals surface area contributed by atoms with Crippen molar-refractivity contribution in [2.45, 2.75) is 16.3 Å². The van der Waals surface area contributed by atoms with Gasteiger partial charge in [-0.1, -0.05) is 24.3 Å². The number of benzene rings is 2. The van der Waals surface area contributed by atoms with Crippen LogP contribution in [0.2, 0.25) is 0 Å². The summed E-state index contributed by atoms with van der Waals surface area (Å²) >= 11 is -1.32. The lowest BCUT2D eigenvalue weighted by molar-refractivity contribution is 0.594. The number of rotatable bonds is 4. The molecule has 0 aliphatic heterocycles. The van der Waals surface area contributed by atoms with E-state index in [1.165, 1.54) is 0 Å². The number of fused-ring (bicyclic) bond motifs is 1. The predicted molar refractivity (Wildman–Crippen MR) is 105 cm³/mol. The second-order valence-electron chi connectivity index (χ2n) is 5.96. The van der Waals surface area contributed by atoms with E-state index in [1.807, 2.05) is 48.5 Å². The lowest BCUT2D eigenvalue weighted by atomic mass is 10.0. The highest BCUT2D eigenvalue weighted by molar-refractivity contribution is 7.91. The van der Waals surface area contributed by atoms with Crippen LogP contribution in [-0.4, -0.2) is 19.7 Å². The molecule has 4 rings (SSSR count). The molecule has 0 bridgehead atoms. The molecule has 0 saturated heterocycles. The highest BCUT2D eigenvalue weighted by atomic mass is 32.2. The number of H-pyrrole nitrogens is 1. The third-order valence-corrected chi connectivity index (χ3v) is 5.63. The molecule has 2 aromatic carbocycles. The third-order valence-electron chi connectivity index (χ3n) is 4.28. The van der Waals surface area contributed by atoms with Crippen molar-refractivity contribution < 1.29 is 4.55 Å². The van der Waals surface area contributed by atoms with Crippen LogP contribution in [-0.2, 0) is 17.7 Å². The van der Waals surface area contributed by atoms with Gasteiger partial charge in [0.05, 0.1) is 17.3 Å². The Morgan fingerprint density at radius 3 is 2.56 bits per heavy atom. The first-order chi connectivity index (χ1) is 13.2. The quantitative estimate of drug-likeness (QED) is 0.532. The van der Waals surface area contributed by atoms with Crippen LogP contribution in [0.3, 0.4) is 0 Å². The summed E-state index contributed by atoms with van der Waals surface area (Å²) in [6.45, 7) is 0.215. The van der Waals surface area contributed by atoms with Gasteiger partial charge in [-0.25, -0.2) is 5.10 Å². The average molecular weight is 376 g/mol. The van der Waals surface area contributed by atoms with Crippen LogP contribution in [0, 0.1) is 0 Å². The molecular weight excluding hydrogens is 360 g/mol. The summed E-state index contributed by atoms with van der Waals surface area (Å²) in [4.78, 5) is 17.6. The van der Waals surface area contributed by atoms with Gasteiger partial charge in [-0.2, -0.15) is 5.10 Å². The summed E-state index contributed by atoms with van der Waals surface area (Å²) in [6, 6.07) is 16.5. The summed E-state index contributed by atoms with van der Waals surface area (Å²) in [5.74, 6) is 0. The highest BCUT2D eigenvalue weighted by Crippen LogP contribution is 2.27. The van der Waals surface area contributed by atoms with Gasteiger partial charge >= 0.3 is 0 Å². The van der Waals surface area contributed by atoms with Gasteiger partial charge in [-0.3, -0.25) is 9.78 Å². The lowest BCUT2D eigenvalue weighted by Crippen LogP contribution is -2.13. The zero-order valence-corrected chi connectivity index (χ0v) is 15.1. The Balaban J connectivity index is 1.79. The van der Waals surface area contributed by atoms with Crippen molar-refractivity contribution in [3.63, 3.8) is 0 Å². The van der Waals surface area contributed by atoms with Crippen molar-refractivity contribution in [2.75, 3.05) is 0 Å². The molecule has 0 fully saturated rings. The van der Waals surface area contributed by atoms with Gasteiger partial charge in [0.1, 0.15) is 0 Å². The van der Waals surface area contributed by atoms with Crippen molar-refractivity contribution in [3.05, 3.63) is 83.0 Å². The first-order valence-electron chi connectivity index (χ1n) is 8.31. The molecule has 3 N–H and O–H groups in total. The molecule has 2 aromatic heterocycles. The normalized spacial score (nSPS) is 12.2. The van der Waals surface area contributed by atoms with E-state index in [0.717, 1.165) is 16.0 Å². The fourth-order valence-corrected chi connectivity index (χ4v) is 3.98. The minimum absolute atomic E-state index is 0.215. The van der Waals surface area contributed by atoms with Crippen LogP contribution in [0.5, 0.6) is 0 Å². The fraction of sp³-hybridized carbons (Fsp3) is 0.0500. The molecule has 0 aliphatic carbocycles. The second kappa shape index (κ2) is 7.32. The van der Waals surface area contributed by atoms with Crippen molar-refractivity contribution in [1.29, 1.82) is 0 Å². The van der Waals surface area contributed by atoms with Crippen molar-refractivity contribution >= 4 is 21.9 Å². The van der Waals surface area contributed by atoms with E-state index in [4.69, 9.17) is 5.73 Å². The molecule has 1 atom stereocenters. The summed E-state index contributed by atoms with van der Waals surface area (Å²) in [5.41, 5.74) is 7.76. The number of nitrogens with two attached hydrogens (primary N) is 1. The average Bonchev–Trinajstić information content (AvgIpc) is 2.74. The maximum absolute atomic E-state index is 12.8. The van der Waals surface area contributed by atoms with E-state index < -0.39 is 11.2 Å². The molecule has 0 saturated carbocycles. The second-order valence-corrected chi connectivity index (χ2v) is 7.44. The van der Waals surface area contributed by atoms with E-state index in [1.54, 1.807) is 18.5 Å². The maximum atomic E-state index is 12.8. The molecule has 0 radical (unpaired) electrons. The van der Waals surface area contributed by atoms with Gasteiger partial charge in [0.25, 0.3) is 5.56 Å². The fourth-order valence-electron chi connectivity index (χ4n) is 2.91. The molecule has 6 nitrogen and oxygen atoms in total. The van der Waals surface area contributed by atoms with Crippen LogP contribution in [0.15, 0.2) is 81.6 Å². The van der Waals surface area contributed by atoms with E-state index >= 15 is 0 Å². The zero-order chi connectivity index (χ0) is 18.8. The standard InChI is InChI=1S/C20H16N4O2S/c21-10-19-18-9-13(6-7-17(18)20(25)24-23-19)14-8-16(12-22-11-14)27(26)15-4-2-1-3-5-15/h1-9,11-12H,10,21H2,(H,24,25). The first kappa shape index (κ1) is 17.4. The van der Waals surface area contributed by atoms with E-state index in [2.05, 4.69) is 15.2 Å². The van der Waals surface area contributed by atoms with Crippen molar-refractivity contribution in [1.82, 2.24) is 15.2 Å². The highest BCUT2D eigenvalue weighted by Gasteiger charge is 2.16. The molecule has 134 valence electrons. The Morgan fingerprint density at radius 1 is 0.963 bits per heavy atom. The molecule has 0 amide bonds. The summed E-state index contributed by atoms with van der Waals surface area (Å²) in [5, 5.41) is 7.71. The Kier molecular flexibility index (Phi) is 4.72. The number of pyridine rings is 1. The number of aromatic amines is 1. The molecule has 0 spiro atoms.